The van der Waals surface area contributed by atoms with Gasteiger partial charge in [-0.1, -0.05) is 23.7 Å². The van der Waals surface area contributed by atoms with Crippen LogP contribution in [0.5, 0.6) is 0 Å². The molecule has 6 nitrogen and oxygen atoms in total. The van der Waals surface area contributed by atoms with Crippen LogP contribution in [0, 0.1) is 17.1 Å². The van der Waals surface area contributed by atoms with Gasteiger partial charge in [0.15, 0.2) is 0 Å². The molecule has 0 saturated heterocycles. The van der Waals surface area contributed by atoms with Gasteiger partial charge in [0.1, 0.15) is 12.4 Å². The Hall–Kier alpha value is -2.47. The first-order chi connectivity index (χ1) is 12.3. The number of carbonyl (C=O) groups excluding carboxylic acids is 1. The predicted molar refractivity (Wildman–Crippen MR) is 92.2 cm³/mol. The third-order valence-electron chi connectivity index (χ3n) is 3.31. The van der Waals surface area contributed by atoms with Crippen LogP contribution >= 0.6 is 11.6 Å². The molecular formula is C17H14ClFN2O4S. The van der Waals surface area contributed by atoms with E-state index >= 15 is 0 Å². The summed E-state index contributed by atoms with van der Waals surface area (Å²) in [6.45, 7) is -0.158. The standard InChI is InChI=1S/C17H14ClFN2O4S/c18-15-9-14(5-6-16(15)19)26(23,24)21-8-7-17(22)25-11-13-3-1-12(10-20)2-4-13/h1-6,9,21H,7-8,11H2. The number of nitrogens with one attached hydrogen (secondary N) is 1. The van der Waals surface area contributed by atoms with E-state index < -0.39 is 21.8 Å². The van der Waals surface area contributed by atoms with E-state index in [4.69, 9.17) is 21.6 Å². The summed E-state index contributed by atoms with van der Waals surface area (Å²) in [6, 6.07) is 11.5. The van der Waals surface area contributed by atoms with E-state index in [1.54, 1.807) is 24.3 Å². The summed E-state index contributed by atoms with van der Waals surface area (Å²) in [5.41, 5.74) is 1.20. The zero-order chi connectivity index (χ0) is 19.2. The highest BCUT2D eigenvalue weighted by molar-refractivity contribution is 7.89. The number of rotatable bonds is 7. The average molecular weight is 397 g/mol. The Labute approximate surface area is 155 Å². The Kier molecular flexibility index (Phi) is 6.69. The van der Waals surface area contributed by atoms with Gasteiger partial charge in [-0.3, -0.25) is 4.79 Å². The molecule has 2 aromatic carbocycles. The number of benzene rings is 2. The van der Waals surface area contributed by atoms with Gasteiger partial charge < -0.3 is 4.74 Å². The highest BCUT2D eigenvalue weighted by atomic mass is 35.5. The molecule has 26 heavy (non-hydrogen) atoms. The van der Waals surface area contributed by atoms with Crippen molar-refractivity contribution in [1.29, 1.82) is 5.26 Å². The molecule has 0 unspecified atom stereocenters. The lowest BCUT2D eigenvalue weighted by atomic mass is 10.2. The van der Waals surface area contributed by atoms with E-state index in [0.717, 1.165) is 18.2 Å². The Balaban J connectivity index is 1.81. The molecule has 0 radical (unpaired) electrons. The van der Waals surface area contributed by atoms with Gasteiger partial charge in [-0.2, -0.15) is 5.26 Å². The van der Waals surface area contributed by atoms with Gasteiger partial charge >= 0.3 is 5.97 Å². The van der Waals surface area contributed by atoms with Gasteiger partial charge in [0, 0.05) is 6.54 Å². The summed E-state index contributed by atoms with van der Waals surface area (Å²) in [5, 5.41) is 8.39. The SMILES string of the molecule is N#Cc1ccc(COC(=O)CCNS(=O)(=O)c2ccc(F)c(Cl)c2)cc1. The van der Waals surface area contributed by atoms with Crippen molar-refractivity contribution in [2.24, 2.45) is 0 Å². The molecule has 0 heterocycles. The summed E-state index contributed by atoms with van der Waals surface area (Å²) in [7, 11) is -3.91. The molecule has 0 aliphatic rings. The highest BCUT2D eigenvalue weighted by Gasteiger charge is 2.16. The third kappa shape index (κ3) is 5.52. The fourth-order valence-corrected chi connectivity index (χ4v) is 3.23. The maximum Gasteiger partial charge on any atom is 0.307 e. The second kappa shape index (κ2) is 8.76. The van der Waals surface area contributed by atoms with Crippen LogP contribution in [0.15, 0.2) is 47.4 Å². The first kappa shape index (κ1) is 19.8. The quantitative estimate of drug-likeness (QED) is 0.726. The minimum Gasteiger partial charge on any atom is -0.461 e. The van der Waals surface area contributed by atoms with E-state index in [1.807, 2.05) is 6.07 Å². The molecule has 0 amide bonds. The molecule has 9 heteroatoms. The van der Waals surface area contributed by atoms with E-state index in [9.17, 15) is 17.6 Å². The van der Waals surface area contributed by atoms with Crippen LogP contribution in [0.25, 0.3) is 0 Å². The number of ether oxygens (including phenoxy) is 1. The zero-order valence-electron chi connectivity index (χ0n) is 13.4. The average Bonchev–Trinajstić information content (AvgIpc) is 2.62. The summed E-state index contributed by atoms with van der Waals surface area (Å²) >= 11 is 5.56. The largest absolute Gasteiger partial charge is 0.461 e. The van der Waals surface area contributed by atoms with E-state index in [1.165, 1.54) is 0 Å². The number of carbonyl (C=O) groups is 1. The molecule has 0 aromatic heterocycles. The van der Waals surface area contributed by atoms with Gasteiger partial charge in [-0.15, -0.1) is 0 Å². The molecule has 136 valence electrons. The van der Waals surface area contributed by atoms with Crippen molar-refractivity contribution in [2.45, 2.75) is 17.9 Å². The minimum absolute atomic E-state index is 0.0187. The molecule has 2 rings (SSSR count). The molecule has 0 saturated carbocycles. The van der Waals surface area contributed by atoms with Crippen molar-refractivity contribution in [1.82, 2.24) is 4.72 Å². The van der Waals surface area contributed by atoms with Crippen molar-refractivity contribution < 1.29 is 22.3 Å². The van der Waals surface area contributed by atoms with Crippen LogP contribution in [0.1, 0.15) is 17.5 Å². The Morgan fingerprint density at radius 1 is 1.23 bits per heavy atom. The number of hydrogen-bond acceptors (Lipinski definition) is 5. The first-order valence-electron chi connectivity index (χ1n) is 7.41. The van der Waals surface area contributed by atoms with Gasteiger partial charge in [-0.25, -0.2) is 17.5 Å². The molecular weight excluding hydrogens is 383 g/mol. The van der Waals surface area contributed by atoms with Gasteiger partial charge in [0.2, 0.25) is 10.0 Å². The Morgan fingerprint density at radius 2 is 1.92 bits per heavy atom. The maximum atomic E-state index is 13.1. The fraction of sp³-hybridized carbons (Fsp3) is 0.176. The van der Waals surface area contributed by atoms with Gasteiger partial charge in [0.05, 0.1) is 28.0 Å². The number of nitriles is 1. The van der Waals surface area contributed by atoms with Crippen molar-refractivity contribution in [3.8, 4) is 6.07 Å². The number of esters is 1. The summed E-state index contributed by atoms with van der Waals surface area (Å²) in [5.74, 6) is -1.31. The lowest BCUT2D eigenvalue weighted by Crippen LogP contribution is -2.26. The monoisotopic (exact) mass is 396 g/mol. The minimum atomic E-state index is -3.91. The smallest absolute Gasteiger partial charge is 0.307 e. The second-order valence-corrected chi connectivity index (χ2v) is 7.37. The van der Waals surface area contributed by atoms with Gasteiger partial charge in [0.25, 0.3) is 0 Å². The first-order valence-corrected chi connectivity index (χ1v) is 9.27. The number of nitrogens with zero attached hydrogens (tertiary/aromatic N) is 1. The molecule has 0 bridgehead atoms. The number of halogens is 2. The Morgan fingerprint density at radius 3 is 2.54 bits per heavy atom. The van der Waals surface area contributed by atoms with Crippen molar-refractivity contribution in [3.63, 3.8) is 0 Å². The van der Waals surface area contributed by atoms with Crippen molar-refractivity contribution in [3.05, 3.63) is 64.4 Å². The van der Waals surface area contributed by atoms with Crippen LogP contribution < -0.4 is 4.72 Å². The lowest BCUT2D eigenvalue weighted by molar-refractivity contribution is -0.144. The third-order valence-corrected chi connectivity index (χ3v) is 5.05. The zero-order valence-corrected chi connectivity index (χ0v) is 15.0. The van der Waals surface area contributed by atoms with E-state index in [-0.39, 0.29) is 29.5 Å². The second-order valence-electron chi connectivity index (χ2n) is 5.19. The fourth-order valence-electron chi connectivity index (χ4n) is 1.93. The summed E-state index contributed by atoms with van der Waals surface area (Å²) in [6.07, 6.45) is -0.176. The summed E-state index contributed by atoms with van der Waals surface area (Å²) in [4.78, 5) is 11.5. The van der Waals surface area contributed by atoms with Crippen LogP contribution in [-0.2, 0) is 26.2 Å². The highest BCUT2D eigenvalue weighted by Crippen LogP contribution is 2.19. The van der Waals surface area contributed by atoms with E-state index in [0.29, 0.717) is 11.1 Å². The molecule has 1 N–H and O–H groups in total. The van der Waals surface area contributed by atoms with Crippen LogP contribution in [0.2, 0.25) is 5.02 Å². The molecule has 0 aliphatic carbocycles. The Bertz CT molecular complexity index is 940. The topological polar surface area (TPSA) is 96.3 Å². The molecule has 0 spiro atoms. The molecule has 2 aromatic rings. The van der Waals surface area contributed by atoms with Crippen molar-refractivity contribution in [2.75, 3.05) is 6.54 Å². The molecule has 0 fully saturated rings. The molecule has 0 aliphatic heterocycles. The van der Waals surface area contributed by atoms with Gasteiger partial charge in [-0.05, 0) is 35.9 Å². The molecule has 0 atom stereocenters. The van der Waals surface area contributed by atoms with Crippen LogP contribution in [0.4, 0.5) is 4.39 Å². The lowest BCUT2D eigenvalue weighted by Gasteiger charge is -2.08. The predicted octanol–water partition coefficient (Wildman–Crippen LogP) is 2.76. The maximum absolute atomic E-state index is 13.1. The summed E-state index contributed by atoms with van der Waals surface area (Å²) < 4.78 is 44.4. The van der Waals surface area contributed by atoms with Crippen LogP contribution in [0.3, 0.4) is 0 Å². The number of sulfonamides is 1. The van der Waals surface area contributed by atoms with Crippen molar-refractivity contribution >= 4 is 27.6 Å². The van der Waals surface area contributed by atoms with E-state index in [2.05, 4.69) is 4.72 Å². The number of hydrogen-bond donors (Lipinski definition) is 1. The van der Waals surface area contributed by atoms with Crippen LogP contribution in [-0.4, -0.2) is 20.9 Å². The normalized spacial score (nSPS) is 11.0.